The van der Waals surface area contributed by atoms with Crippen LogP contribution < -0.4 is 11.1 Å². The van der Waals surface area contributed by atoms with E-state index < -0.39 is 0 Å². The molecule has 1 amide bonds. The van der Waals surface area contributed by atoms with E-state index in [1.165, 1.54) is 25.7 Å². The van der Waals surface area contributed by atoms with Crippen molar-refractivity contribution in [1.29, 1.82) is 0 Å². The van der Waals surface area contributed by atoms with Gasteiger partial charge in [-0.05, 0) is 25.2 Å². The van der Waals surface area contributed by atoms with Gasteiger partial charge in [0.05, 0.1) is 12.1 Å². The third kappa shape index (κ3) is 6.39. The van der Waals surface area contributed by atoms with E-state index in [4.69, 9.17) is 10.5 Å². The van der Waals surface area contributed by atoms with Crippen LogP contribution >= 0.6 is 0 Å². The van der Waals surface area contributed by atoms with Crippen LogP contribution in [0.15, 0.2) is 0 Å². The lowest BCUT2D eigenvalue weighted by atomic mass is 9.85. The van der Waals surface area contributed by atoms with Crippen molar-refractivity contribution in [3.05, 3.63) is 0 Å². The van der Waals surface area contributed by atoms with Crippen LogP contribution in [0.5, 0.6) is 0 Å². The molecule has 0 spiro atoms. The number of hydrogen-bond donors (Lipinski definition) is 2. The van der Waals surface area contributed by atoms with Crippen molar-refractivity contribution < 1.29 is 9.53 Å². The van der Waals surface area contributed by atoms with Gasteiger partial charge in [0.25, 0.3) is 0 Å². The van der Waals surface area contributed by atoms with Crippen LogP contribution in [0, 0.1) is 5.92 Å². The summed E-state index contributed by atoms with van der Waals surface area (Å²) in [5.41, 5.74) is 5.39. The highest BCUT2D eigenvalue weighted by molar-refractivity contribution is 5.79. The van der Waals surface area contributed by atoms with Crippen molar-refractivity contribution in [3.8, 4) is 0 Å². The zero-order valence-electron chi connectivity index (χ0n) is 12.7. The first kappa shape index (κ1) is 16.4. The van der Waals surface area contributed by atoms with E-state index in [0.29, 0.717) is 19.1 Å². The lowest BCUT2D eigenvalue weighted by molar-refractivity contribution is -0.121. The molecule has 0 saturated heterocycles. The largest absolute Gasteiger partial charge is 0.378 e. The van der Waals surface area contributed by atoms with E-state index in [1.54, 1.807) is 0 Å². The molecule has 19 heavy (non-hydrogen) atoms. The topological polar surface area (TPSA) is 64.3 Å². The minimum absolute atomic E-state index is 0.261. The molecule has 0 aliphatic heterocycles. The van der Waals surface area contributed by atoms with E-state index in [-0.39, 0.29) is 18.0 Å². The van der Waals surface area contributed by atoms with Gasteiger partial charge in [0, 0.05) is 12.6 Å². The monoisotopic (exact) mass is 270 g/mol. The van der Waals surface area contributed by atoms with Crippen LogP contribution in [-0.2, 0) is 9.53 Å². The second kappa shape index (κ2) is 8.54. The van der Waals surface area contributed by atoms with Gasteiger partial charge in [0.2, 0.25) is 5.91 Å². The quantitative estimate of drug-likeness (QED) is 0.711. The number of amides is 1. The number of carbonyl (C=O) groups is 1. The molecule has 3 N–H and O–H groups in total. The highest BCUT2D eigenvalue weighted by Crippen LogP contribution is 2.28. The maximum Gasteiger partial charge on any atom is 0.234 e. The fourth-order valence-corrected chi connectivity index (χ4v) is 2.83. The lowest BCUT2D eigenvalue weighted by Gasteiger charge is -2.29. The number of hydrogen-bond acceptors (Lipinski definition) is 3. The van der Waals surface area contributed by atoms with E-state index in [1.807, 2.05) is 13.8 Å². The van der Waals surface area contributed by atoms with Crippen molar-refractivity contribution in [2.24, 2.45) is 11.7 Å². The molecular formula is C15H30N2O2. The van der Waals surface area contributed by atoms with E-state index in [0.717, 1.165) is 12.3 Å². The molecule has 0 radical (unpaired) electrons. The zero-order valence-corrected chi connectivity index (χ0v) is 12.7. The molecule has 4 heteroatoms. The molecule has 1 fully saturated rings. The van der Waals surface area contributed by atoms with Crippen molar-refractivity contribution in [3.63, 3.8) is 0 Å². The summed E-state index contributed by atoms with van der Waals surface area (Å²) in [6.45, 7) is 6.91. The molecule has 4 nitrogen and oxygen atoms in total. The minimum atomic E-state index is -0.285. The zero-order chi connectivity index (χ0) is 14.3. The summed E-state index contributed by atoms with van der Waals surface area (Å²) in [6, 6.07) is -0.0118. The highest BCUT2D eigenvalue weighted by atomic mass is 16.5. The minimum Gasteiger partial charge on any atom is -0.378 e. The molecule has 1 saturated carbocycles. The standard InChI is InChI=1S/C15H30N2O2/c1-4-12-6-5-7-13(10-12)19-9-8-14(15(16)18)17-11(2)3/h11-14,17H,4-10H2,1-3H3,(H2,16,18). The van der Waals surface area contributed by atoms with Gasteiger partial charge in [0.15, 0.2) is 0 Å². The molecule has 0 heterocycles. The second-order valence-electron chi connectivity index (χ2n) is 6.00. The van der Waals surface area contributed by atoms with Gasteiger partial charge in [-0.2, -0.15) is 0 Å². The maximum atomic E-state index is 11.3. The van der Waals surface area contributed by atoms with E-state index >= 15 is 0 Å². The number of nitrogens with one attached hydrogen (secondary N) is 1. The SMILES string of the molecule is CCC1CCCC(OCCC(NC(C)C)C(N)=O)C1. The van der Waals surface area contributed by atoms with Crippen LogP contribution in [0.2, 0.25) is 0 Å². The van der Waals surface area contributed by atoms with Gasteiger partial charge in [-0.15, -0.1) is 0 Å². The summed E-state index contributed by atoms with van der Waals surface area (Å²) in [6.07, 6.45) is 7.25. The third-order valence-corrected chi connectivity index (χ3v) is 3.95. The maximum absolute atomic E-state index is 11.3. The van der Waals surface area contributed by atoms with Crippen molar-refractivity contribution in [2.45, 2.75) is 77.5 Å². The fraction of sp³-hybridized carbons (Fsp3) is 0.933. The second-order valence-corrected chi connectivity index (χ2v) is 6.00. The van der Waals surface area contributed by atoms with Crippen LogP contribution in [0.3, 0.4) is 0 Å². The average molecular weight is 270 g/mol. The molecule has 1 rings (SSSR count). The lowest BCUT2D eigenvalue weighted by Crippen LogP contribution is -2.45. The number of primary amides is 1. The fourth-order valence-electron chi connectivity index (χ4n) is 2.83. The Morgan fingerprint density at radius 3 is 2.74 bits per heavy atom. The number of ether oxygens (including phenoxy) is 1. The van der Waals surface area contributed by atoms with Gasteiger partial charge in [-0.1, -0.05) is 40.0 Å². The summed E-state index contributed by atoms with van der Waals surface area (Å²) < 4.78 is 5.93. The summed E-state index contributed by atoms with van der Waals surface area (Å²) in [5.74, 6) is 0.534. The van der Waals surface area contributed by atoms with Gasteiger partial charge < -0.3 is 15.8 Å². The van der Waals surface area contributed by atoms with E-state index in [9.17, 15) is 4.79 Å². The molecule has 3 atom stereocenters. The Hall–Kier alpha value is -0.610. The van der Waals surface area contributed by atoms with Gasteiger partial charge in [0.1, 0.15) is 0 Å². The average Bonchev–Trinajstić information content (AvgIpc) is 2.37. The molecule has 3 unspecified atom stereocenters. The molecular weight excluding hydrogens is 240 g/mol. The molecule has 1 aliphatic rings. The summed E-state index contributed by atoms with van der Waals surface area (Å²) >= 11 is 0. The van der Waals surface area contributed by atoms with Crippen molar-refractivity contribution in [1.82, 2.24) is 5.32 Å². The highest BCUT2D eigenvalue weighted by Gasteiger charge is 2.22. The molecule has 0 aromatic rings. The molecule has 0 bridgehead atoms. The van der Waals surface area contributed by atoms with Crippen LogP contribution in [-0.4, -0.2) is 30.7 Å². The molecule has 0 aromatic heterocycles. The normalized spacial score (nSPS) is 25.5. The molecule has 112 valence electrons. The number of carbonyl (C=O) groups excluding carboxylic acids is 1. The number of nitrogens with two attached hydrogens (primary N) is 1. The summed E-state index contributed by atoms with van der Waals surface area (Å²) in [4.78, 5) is 11.3. The van der Waals surface area contributed by atoms with Crippen LogP contribution in [0.1, 0.15) is 59.3 Å². The predicted octanol–water partition coefficient (Wildman–Crippen LogP) is 2.21. The third-order valence-electron chi connectivity index (χ3n) is 3.95. The van der Waals surface area contributed by atoms with Gasteiger partial charge in [-0.25, -0.2) is 0 Å². The van der Waals surface area contributed by atoms with Gasteiger partial charge in [-0.3, -0.25) is 4.79 Å². The smallest absolute Gasteiger partial charge is 0.234 e. The Labute approximate surface area is 117 Å². The first-order chi connectivity index (χ1) is 9.02. The Morgan fingerprint density at radius 2 is 2.16 bits per heavy atom. The van der Waals surface area contributed by atoms with Crippen LogP contribution in [0.25, 0.3) is 0 Å². The Balaban J connectivity index is 2.25. The Kier molecular flexibility index (Phi) is 7.39. The molecule has 1 aliphatic carbocycles. The van der Waals surface area contributed by atoms with E-state index in [2.05, 4.69) is 12.2 Å². The van der Waals surface area contributed by atoms with Crippen LogP contribution in [0.4, 0.5) is 0 Å². The Bertz CT molecular complexity index is 269. The van der Waals surface area contributed by atoms with Gasteiger partial charge >= 0.3 is 0 Å². The number of rotatable bonds is 8. The first-order valence-electron chi connectivity index (χ1n) is 7.69. The summed E-state index contributed by atoms with van der Waals surface area (Å²) in [7, 11) is 0. The Morgan fingerprint density at radius 1 is 1.42 bits per heavy atom. The molecule has 0 aromatic carbocycles. The van der Waals surface area contributed by atoms with Crippen molar-refractivity contribution >= 4 is 5.91 Å². The predicted molar refractivity (Wildman–Crippen MR) is 77.9 cm³/mol. The summed E-state index contributed by atoms with van der Waals surface area (Å²) in [5, 5.41) is 3.18. The first-order valence-corrected chi connectivity index (χ1v) is 7.69. The van der Waals surface area contributed by atoms with Crippen molar-refractivity contribution in [2.75, 3.05) is 6.61 Å².